The fourth-order valence-electron chi connectivity index (χ4n) is 1.11. The summed E-state index contributed by atoms with van der Waals surface area (Å²) in [4.78, 5) is 3.82. The zero-order valence-electron chi connectivity index (χ0n) is 9.68. The lowest BCUT2D eigenvalue weighted by atomic mass is 10.5. The smallest absolute Gasteiger partial charge is 0.240 e. The van der Waals surface area contributed by atoms with Gasteiger partial charge in [-0.3, -0.25) is 0 Å². The second kappa shape index (κ2) is 6.30. The molecule has 0 aromatic carbocycles. The van der Waals surface area contributed by atoms with Gasteiger partial charge in [0.2, 0.25) is 10.0 Å². The molecule has 0 saturated heterocycles. The molecule has 0 fully saturated rings. The van der Waals surface area contributed by atoms with Crippen LogP contribution in [0.2, 0.25) is 5.15 Å². The first-order valence-electron chi connectivity index (χ1n) is 5.14. The molecule has 0 amide bonds. The molecule has 1 rings (SSSR count). The summed E-state index contributed by atoms with van der Waals surface area (Å²) in [6, 6.07) is 2.69. The standard InChI is InChI=1S/C10H15ClN2O3S/c1-8(2)16-6-5-13-17(14,15)9-3-4-12-10(11)7-9/h3-4,7-8,13H,5-6H2,1-2H3. The Morgan fingerprint density at radius 3 is 2.82 bits per heavy atom. The van der Waals surface area contributed by atoms with Crippen LogP contribution in [0.25, 0.3) is 0 Å². The highest BCUT2D eigenvalue weighted by atomic mass is 35.5. The van der Waals surface area contributed by atoms with Gasteiger partial charge in [-0.25, -0.2) is 18.1 Å². The third kappa shape index (κ3) is 4.99. The first-order valence-corrected chi connectivity index (χ1v) is 7.01. The molecule has 0 bridgehead atoms. The van der Waals surface area contributed by atoms with Gasteiger partial charge in [-0.15, -0.1) is 0 Å². The highest BCUT2D eigenvalue weighted by Crippen LogP contribution is 2.12. The quantitative estimate of drug-likeness (QED) is 0.631. The van der Waals surface area contributed by atoms with Crippen LogP contribution in [-0.4, -0.2) is 32.7 Å². The minimum absolute atomic E-state index is 0.0786. The number of nitrogens with zero attached hydrogens (tertiary/aromatic N) is 1. The van der Waals surface area contributed by atoms with E-state index in [1.165, 1.54) is 18.3 Å². The molecule has 0 aliphatic heterocycles. The molecular weight excluding hydrogens is 264 g/mol. The van der Waals surface area contributed by atoms with Gasteiger partial charge in [-0.2, -0.15) is 0 Å². The molecule has 1 aromatic heterocycles. The Hall–Kier alpha value is -0.690. The highest BCUT2D eigenvalue weighted by molar-refractivity contribution is 7.89. The lowest BCUT2D eigenvalue weighted by Crippen LogP contribution is -2.28. The van der Waals surface area contributed by atoms with Crippen LogP contribution in [0.1, 0.15) is 13.8 Å². The van der Waals surface area contributed by atoms with Crippen molar-refractivity contribution in [2.75, 3.05) is 13.2 Å². The summed E-state index contributed by atoms with van der Waals surface area (Å²) in [5, 5.41) is 0.145. The van der Waals surface area contributed by atoms with E-state index in [1.54, 1.807) is 0 Å². The number of hydrogen-bond donors (Lipinski definition) is 1. The van der Waals surface area contributed by atoms with Crippen LogP contribution in [0.4, 0.5) is 0 Å². The molecule has 0 aliphatic carbocycles. The van der Waals surface area contributed by atoms with Gasteiger partial charge >= 0.3 is 0 Å². The molecule has 0 spiro atoms. The van der Waals surface area contributed by atoms with Crippen molar-refractivity contribution >= 4 is 21.6 Å². The van der Waals surface area contributed by atoms with Gasteiger partial charge in [0.1, 0.15) is 5.15 Å². The summed E-state index contributed by atoms with van der Waals surface area (Å²) < 4.78 is 31.2. The largest absolute Gasteiger partial charge is 0.377 e. The van der Waals surface area contributed by atoms with Gasteiger partial charge in [0.15, 0.2) is 0 Å². The average Bonchev–Trinajstić information content (AvgIpc) is 2.24. The Kier molecular flexibility index (Phi) is 5.32. The molecule has 0 aliphatic rings. The van der Waals surface area contributed by atoms with Crippen molar-refractivity contribution < 1.29 is 13.2 Å². The third-order valence-corrected chi connectivity index (χ3v) is 3.52. The van der Waals surface area contributed by atoms with Crippen molar-refractivity contribution in [2.45, 2.75) is 24.8 Å². The third-order valence-electron chi connectivity index (χ3n) is 1.85. The van der Waals surface area contributed by atoms with Crippen LogP contribution >= 0.6 is 11.6 Å². The molecule has 96 valence electrons. The SMILES string of the molecule is CC(C)OCCNS(=O)(=O)c1ccnc(Cl)c1. The Morgan fingerprint density at radius 1 is 1.53 bits per heavy atom. The Labute approximate surface area is 106 Å². The van der Waals surface area contributed by atoms with Gasteiger partial charge < -0.3 is 4.74 Å². The minimum Gasteiger partial charge on any atom is -0.377 e. The van der Waals surface area contributed by atoms with Gasteiger partial charge in [0.05, 0.1) is 17.6 Å². The van der Waals surface area contributed by atoms with Crippen LogP contribution in [0.5, 0.6) is 0 Å². The number of pyridine rings is 1. The fraction of sp³-hybridized carbons (Fsp3) is 0.500. The maximum Gasteiger partial charge on any atom is 0.240 e. The molecular formula is C10H15ClN2O3S. The van der Waals surface area contributed by atoms with Crippen molar-refractivity contribution in [1.29, 1.82) is 0 Å². The molecule has 0 radical (unpaired) electrons. The van der Waals surface area contributed by atoms with E-state index in [9.17, 15) is 8.42 Å². The Bertz CT molecular complexity index is 462. The fourth-order valence-corrected chi connectivity index (χ4v) is 2.37. The molecule has 0 atom stereocenters. The van der Waals surface area contributed by atoms with Gasteiger partial charge in [0, 0.05) is 12.7 Å². The summed E-state index contributed by atoms with van der Waals surface area (Å²) >= 11 is 5.63. The topological polar surface area (TPSA) is 68.3 Å². The van der Waals surface area contributed by atoms with Gasteiger partial charge in [0.25, 0.3) is 0 Å². The predicted molar refractivity (Wildman–Crippen MR) is 65.5 cm³/mol. The molecule has 1 heterocycles. The van der Waals surface area contributed by atoms with Crippen molar-refractivity contribution in [3.05, 3.63) is 23.5 Å². The summed E-state index contributed by atoms with van der Waals surface area (Å²) in [5.41, 5.74) is 0. The molecule has 1 aromatic rings. The summed E-state index contributed by atoms with van der Waals surface area (Å²) in [6.45, 7) is 4.32. The van der Waals surface area contributed by atoms with E-state index in [2.05, 4.69) is 9.71 Å². The monoisotopic (exact) mass is 278 g/mol. The summed E-state index contributed by atoms with van der Waals surface area (Å²) in [5.74, 6) is 0. The number of sulfonamides is 1. The molecule has 7 heteroatoms. The van der Waals surface area contributed by atoms with E-state index >= 15 is 0 Å². The normalized spacial score (nSPS) is 12.0. The van der Waals surface area contributed by atoms with Gasteiger partial charge in [-0.1, -0.05) is 11.6 Å². The summed E-state index contributed by atoms with van der Waals surface area (Å²) in [7, 11) is -3.54. The van der Waals surface area contributed by atoms with Crippen molar-refractivity contribution in [3.8, 4) is 0 Å². The minimum atomic E-state index is -3.54. The van der Waals surface area contributed by atoms with E-state index in [1.807, 2.05) is 13.8 Å². The predicted octanol–water partition coefficient (Wildman–Crippen LogP) is 1.44. The van der Waals surface area contributed by atoms with Crippen molar-refractivity contribution in [3.63, 3.8) is 0 Å². The number of aromatic nitrogens is 1. The van der Waals surface area contributed by atoms with Crippen LogP contribution in [-0.2, 0) is 14.8 Å². The first-order chi connectivity index (χ1) is 7.92. The number of halogens is 1. The average molecular weight is 279 g/mol. The van der Waals surface area contributed by atoms with Crippen LogP contribution in [0.15, 0.2) is 23.2 Å². The number of nitrogens with one attached hydrogen (secondary N) is 1. The van der Waals surface area contributed by atoms with E-state index in [0.717, 1.165) is 0 Å². The highest BCUT2D eigenvalue weighted by Gasteiger charge is 2.13. The second-order valence-electron chi connectivity index (χ2n) is 3.63. The molecule has 1 N–H and O–H groups in total. The lowest BCUT2D eigenvalue weighted by Gasteiger charge is -2.09. The van der Waals surface area contributed by atoms with E-state index in [-0.39, 0.29) is 22.7 Å². The molecule has 0 unspecified atom stereocenters. The van der Waals surface area contributed by atoms with E-state index in [0.29, 0.717) is 6.61 Å². The van der Waals surface area contributed by atoms with E-state index < -0.39 is 10.0 Å². The van der Waals surface area contributed by atoms with Crippen molar-refractivity contribution in [1.82, 2.24) is 9.71 Å². The first kappa shape index (κ1) is 14.4. The Balaban J connectivity index is 2.57. The molecule has 17 heavy (non-hydrogen) atoms. The van der Waals surface area contributed by atoms with Gasteiger partial charge in [-0.05, 0) is 26.0 Å². The maximum absolute atomic E-state index is 11.8. The van der Waals surface area contributed by atoms with Crippen LogP contribution in [0.3, 0.4) is 0 Å². The lowest BCUT2D eigenvalue weighted by molar-refractivity contribution is 0.0834. The summed E-state index contributed by atoms with van der Waals surface area (Å²) in [6.07, 6.45) is 1.43. The van der Waals surface area contributed by atoms with Crippen molar-refractivity contribution in [2.24, 2.45) is 0 Å². The number of hydrogen-bond acceptors (Lipinski definition) is 4. The molecule has 0 saturated carbocycles. The number of ether oxygens (including phenoxy) is 1. The molecule has 5 nitrogen and oxygen atoms in total. The second-order valence-corrected chi connectivity index (χ2v) is 5.79. The zero-order valence-corrected chi connectivity index (χ0v) is 11.3. The van der Waals surface area contributed by atoms with Crippen LogP contribution in [0, 0.1) is 0 Å². The van der Waals surface area contributed by atoms with Crippen LogP contribution < -0.4 is 4.72 Å². The maximum atomic E-state index is 11.8. The Morgan fingerprint density at radius 2 is 2.24 bits per heavy atom. The number of rotatable bonds is 6. The van der Waals surface area contributed by atoms with E-state index in [4.69, 9.17) is 16.3 Å². The zero-order chi connectivity index (χ0) is 12.9.